The van der Waals surface area contributed by atoms with Gasteiger partial charge in [0.15, 0.2) is 0 Å². The second-order valence-electron chi connectivity index (χ2n) is 4.22. The third kappa shape index (κ3) is 4.75. The van der Waals surface area contributed by atoms with Crippen molar-refractivity contribution in [1.82, 2.24) is 5.32 Å². The summed E-state index contributed by atoms with van der Waals surface area (Å²) in [5.41, 5.74) is 1.27. The lowest BCUT2D eigenvalue weighted by Crippen LogP contribution is -2.25. The van der Waals surface area contributed by atoms with Gasteiger partial charge in [-0.15, -0.1) is 0 Å². The van der Waals surface area contributed by atoms with Gasteiger partial charge in [-0.25, -0.2) is 0 Å². The van der Waals surface area contributed by atoms with Gasteiger partial charge in [-0.1, -0.05) is 6.92 Å². The predicted octanol–water partition coefficient (Wildman–Crippen LogP) is 2.25. The van der Waals surface area contributed by atoms with Gasteiger partial charge in [0, 0.05) is 25.3 Å². The standard InChI is InChI=1S/C14H21NO3/c1-3-8-18-9-4-7-15-14(17)12-5-6-13(16)11(2)10-12/h5-6,10,16H,3-4,7-9H2,1-2H3,(H,15,17). The highest BCUT2D eigenvalue weighted by molar-refractivity contribution is 5.94. The number of rotatable bonds is 7. The minimum absolute atomic E-state index is 0.117. The van der Waals surface area contributed by atoms with E-state index in [4.69, 9.17) is 4.74 Å². The topological polar surface area (TPSA) is 58.6 Å². The van der Waals surface area contributed by atoms with Gasteiger partial charge in [0.2, 0.25) is 0 Å². The number of aryl methyl sites for hydroxylation is 1. The van der Waals surface area contributed by atoms with E-state index in [1.807, 2.05) is 0 Å². The van der Waals surface area contributed by atoms with Crippen LogP contribution in [0.1, 0.15) is 35.7 Å². The van der Waals surface area contributed by atoms with Gasteiger partial charge in [-0.3, -0.25) is 4.79 Å². The van der Waals surface area contributed by atoms with Crippen molar-refractivity contribution in [2.75, 3.05) is 19.8 Å². The Kier molecular flexibility index (Phi) is 6.22. The quantitative estimate of drug-likeness (QED) is 0.731. The number of carbonyl (C=O) groups excluding carboxylic acids is 1. The molecular weight excluding hydrogens is 230 g/mol. The molecule has 0 fully saturated rings. The van der Waals surface area contributed by atoms with Crippen molar-refractivity contribution in [3.8, 4) is 5.75 Å². The first-order valence-electron chi connectivity index (χ1n) is 6.30. The molecule has 1 rings (SSSR count). The predicted molar refractivity (Wildman–Crippen MR) is 70.9 cm³/mol. The molecule has 0 atom stereocenters. The van der Waals surface area contributed by atoms with E-state index in [1.165, 1.54) is 6.07 Å². The monoisotopic (exact) mass is 251 g/mol. The number of carbonyl (C=O) groups is 1. The molecule has 0 heterocycles. The molecule has 1 amide bonds. The lowest BCUT2D eigenvalue weighted by molar-refractivity contribution is 0.0941. The highest BCUT2D eigenvalue weighted by Gasteiger charge is 2.06. The zero-order valence-electron chi connectivity index (χ0n) is 11.0. The molecule has 0 aliphatic rings. The third-order valence-electron chi connectivity index (χ3n) is 2.56. The number of amides is 1. The van der Waals surface area contributed by atoms with Gasteiger partial charge in [0.1, 0.15) is 5.75 Å². The SMILES string of the molecule is CCCOCCCNC(=O)c1ccc(O)c(C)c1. The van der Waals surface area contributed by atoms with E-state index in [0.717, 1.165) is 19.4 Å². The third-order valence-corrected chi connectivity index (χ3v) is 2.56. The Hall–Kier alpha value is -1.55. The van der Waals surface area contributed by atoms with Gasteiger partial charge in [-0.2, -0.15) is 0 Å². The molecule has 0 aliphatic heterocycles. The Morgan fingerprint density at radius 1 is 1.39 bits per heavy atom. The summed E-state index contributed by atoms with van der Waals surface area (Å²) in [6, 6.07) is 4.83. The Morgan fingerprint density at radius 2 is 2.17 bits per heavy atom. The van der Waals surface area contributed by atoms with E-state index in [0.29, 0.717) is 24.3 Å². The average molecular weight is 251 g/mol. The van der Waals surface area contributed by atoms with Gasteiger partial charge >= 0.3 is 0 Å². The second-order valence-corrected chi connectivity index (χ2v) is 4.22. The molecule has 18 heavy (non-hydrogen) atoms. The van der Waals surface area contributed by atoms with Crippen molar-refractivity contribution < 1.29 is 14.6 Å². The molecule has 2 N–H and O–H groups in total. The summed E-state index contributed by atoms with van der Waals surface area (Å²) in [5.74, 6) is 0.0908. The summed E-state index contributed by atoms with van der Waals surface area (Å²) in [6.45, 7) is 5.87. The molecule has 0 aliphatic carbocycles. The van der Waals surface area contributed by atoms with Gasteiger partial charge < -0.3 is 15.2 Å². The van der Waals surface area contributed by atoms with E-state index in [1.54, 1.807) is 19.1 Å². The molecule has 1 aromatic rings. The number of phenolic OH excluding ortho intramolecular Hbond substituents is 1. The van der Waals surface area contributed by atoms with Crippen LogP contribution in [0.15, 0.2) is 18.2 Å². The number of nitrogens with one attached hydrogen (secondary N) is 1. The molecule has 0 saturated heterocycles. The van der Waals surface area contributed by atoms with Crippen molar-refractivity contribution in [3.05, 3.63) is 29.3 Å². The lowest BCUT2D eigenvalue weighted by Gasteiger charge is -2.07. The Balaban J connectivity index is 2.30. The molecule has 0 bridgehead atoms. The molecule has 4 heteroatoms. The molecular formula is C14H21NO3. The van der Waals surface area contributed by atoms with Gasteiger partial charge in [-0.05, 0) is 43.5 Å². The maximum absolute atomic E-state index is 11.8. The van der Waals surface area contributed by atoms with Crippen LogP contribution in [0, 0.1) is 6.92 Å². The zero-order valence-corrected chi connectivity index (χ0v) is 11.0. The van der Waals surface area contributed by atoms with Crippen molar-refractivity contribution in [1.29, 1.82) is 0 Å². The smallest absolute Gasteiger partial charge is 0.251 e. The maximum Gasteiger partial charge on any atom is 0.251 e. The molecule has 0 aromatic heterocycles. The molecule has 0 radical (unpaired) electrons. The minimum Gasteiger partial charge on any atom is -0.508 e. The molecule has 1 aromatic carbocycles. The summed E-state index contributed by atoms with van der Waals surface area (Å²) in [7, 11) is 0. The van der Waals surface area contributed by atoms with Crippen LogP contribution < -0.4 is 5.32 Å². The summed E-state index contributed by atoms with van der Waals surface area (Å²) in [6.07, 6.45) is 1.82. The van der Waals surface area contributed by atoms with Crippen LogP contribution in [0.25, 0.3) is 0 Å². The largest absolute Gasteiger partial charge is 0.508 e. The van der Waals surface area contributed by atoms with E-state index < -0.39 is 0 Å². The maximum atomic E-state index is 11.8. The second kappa shape index (κ2) is 7.71. The van der Waals surface area contributed by atoms with Crippen LogP contribution in [0.4, 0.5) is 0 Å². The first-order chi connectivity index (χ1) is 8.65. The lowest BCUT2D eigenvalue weighted by atomic mass is 10.1. The van der Waals surface area contributed by atoms with Crippen LogP contribution in [0.3, 0.4) is 0 Å². The highest BCUT2D eigenvalue weighted by Crippen LogP contribution is 2.16. The molecule has 100 valence electrons. The first-order valence-corrected chi connectivity index (χ1v) is 6.30. The van der Waals surface area contributed by atoms with Crippen molar-refractivity contribution in [3.63, 3.8) is 0 Å². The van der Waals surface area contributed by atoms with Crippen molar-refractivity contribution in [2.24, 2.45) is 0 Å². The fourth-order valence-electron chi connectivity index (χ4n) is 1.52. The molecule has 0 unspecified atom stereocenters. The number of benzene rings is 1. The van der Waals surface area contributed by atoms with Gasteiger partial charge in [0.25, 0.3) is 5.91 Å². The Bertz CT molecular complexity index is 391. The van der Waals surface area contributed by atoms with E-state index >= 15 is 0 Å². The van der Waals surface area contributed by atoms with Crippen LogP contribution in [-0.2, 0) is 4.74 Å². The van der Waals surface area contributed by atoms with Gasteiger partial charge in [0.05, 0.1) is 0 Å². The van der Waals surface area contributed by atoms with Crippen molar-refractivity contribution in [2.45, 2.75) is 26.7 Å². The first kappa shape index (κ1) is 14.5. The number of ether oxygens (including phenoxy) is 1. The molecule has 0 spiro atoms. The van der Waals surface area contributed by atoms with Crippen LogP contribution in [0.5, 0.6) is 5.75 Å². The average Bonchev–Trinajstić information content (AvgIpc) is 2.36. The number of hydrogen-bond acceptors (Lipinski definition) is 3. The van der Waals surface area contributed by atoms with E-state index in [9.17, 15) is 9.90 Å². The van der Waals surface area contributed by atoms with E-state index in [2.05, 4.69) is 12.2 Å². The van der Waals surface area contributed by atoms with Crippen molar-refractivity contribution >= 4 is 5.91 Å². The van der Waals surface area contributed by atoms with Crippen LogP contribution in [0.2, 0.25) is 0 Å². The fraction of sp³-hybridized carbons (Fsp3) is 0.500. The van der Waals surface area contributed by atoms with Crippen LogP contribution >= 0.6 is 0 Å². The highest BCUT2D eigenvalue weighted by atomic mass is 16.5. The Morgan fingerprint density at radius 3 is 2.83 bits per heavy atom. The summed E-state index contributed by atoms with van der Waals surface area (Å²) in [5, 5.41) is 12.2. The summed E-state index contributed by atoms with van der Waals surface area (Å²) >= 11 is 0. The van der Waals surface area contributed by atoms with Crippen LogP contribution in [-0.4, -0.2) is 30.8 Å². The van der Waals surface area contributed by atoms with E-state index in [-0.39, 0.29) is 11.7 Å². The number of hydrogen-bond donors (Lipinski definition) is 2. The zero-order chi connectivity index (χ0) is 13.4. The normalized spacial score (nSPS) is 10.3. The minimum atomic E-state index is -0.117. The summed E-state index contributed by atoms with van der Waals surface area (Å²) in [4.78, 5) is 11.8. The number of phenols is 1. The fourth-order valence-corrected chi connectivity index (χ4v) is 1.52. The number of aromatic hydroxyl groups is 1. The Labute approximate surface area is 108 Å². The molecule has 4 nitrogen and oxygen atoms in total. The summed E-state index contributed by atoms with van der Waals surface area (Å²) < 4.78 is 5.32. The molecule has 0 saturated carbocycles.